The van der Waals surface area contributed by atoms with Gasteiger partial charge in [0, 0.05) is 12.6 Å². The summed E-state index contributed by atoms with van der Waals surface area (Å²) in [5.41, 5.74) is 5.93. The van der Waals surface area contributed by atoms with Crippen LogP contribution in [0.3, 0.4) is 0 Å². The third-order valence-corrected chi connectivity index (χ3v) is 8.22. The monoisotopic (exact) mass is 652 g/mol. The first-order valence-electron chi connectivity index (χ1n) is 16.5. The summed E-state index contributed by atoms with van der Waals surface area (Å²) in [5, 5.41) is 3.12. The van der Waals surface area contributed by atoms with Crippen molar-refractivity contribution in [3.63, 3.8) is 0 Å². The minimum atomic E-state index is -0.370. The number of hydrogen-bond donors (Lipinski definition) is 1. The summed E-state index contributed by atoms with van der Waals surface area (Å²) in [6.45, 7) is 1.50. The third kappa shape index (κ3) is 9.06. The van der Waals surface area contributed by atoms with Crippen molar-refractivity contribution in [2.75, 3.05) is 27.2 Å². The predicted molar refractivity (Wildman–Crippen MR) is 190 cm³/mol. The zero-order chi connectivity index (χ0) is 34.0. The Bertz CT molecular complexity index is 1910. The van der Waals surface area contributed by atoms with Crippen LogP contribution < -0.4 is 14.8 Å². The second kappa shape index (κ2) is 16.0. The molecule has 0 aliphatic heterocycles. The van der Waals surface area contributed by atoms with Gasteiger partial charge >= 0.3 is 0 Å². The molecule has 1 N–H and O–H groups in total. The van der Waals surface area contributed by atoms with Gasteiger partial charge in [0.05, 0.1) is 5.70 Å². The normalized spacial score (nSPS) is 12.4. The largest absolute Gasteiger partial charge is 0.487 e. The van der Waals surface area contributed by atoms with E-state index >= 15 is 0 Å². The van der Waals surface area contributed by atoms with Crippen molar-refractivity contribution in [2.24, 2.45) is 0 Å². The van der Waals surface area contributed by atoms with Crippen molar-refractivity contribution < 1.29 is 19.1 Å². The third-order valence-electron chi connectivity index (χ3n) is 8.22. The predicted octanol–water partition coefficient (Wildman–Crippen LogP) is 6.62. The lowest BCUT2D eigenvalue weighted by Gasteiger charge is -2.19. The molecule has 49 heavy (non-hydrogen) atoms. The molecule has 6 rings (SSSR count). The highest BCUT2D eigenvalue weighted by Gasteiger charge is 2.30. The van der Waals surface area contributed by atoms with Crippen LogP contribution in [0, 0.1) is 0 Å². The number of nitrogens with zero attached hydrogens (tertiary/aromatic N) is 3. The van der Waals surface area contributed by atoms with Crippen molar-refractivity contribution in [2.45, 2.75) is 32.5 Å². The zero-order valence-corrected chi connectivity index (χ0v) is 27.9. The average molecular weight is 653 g/mol. The Kier molecular flexibility index (Phi) is 10.9. The van der Waals surface area contributed by atoms with E-state index in [1.807, 2.05) is 99.0 Å². The number of allylic oxidation sites excluding steroid dienone is 2. The molecule has 8 heteroatoms. The van der Waals surface area contributed by atoms with Crippen LogP contribution in [-0.4, -0.2) is 53.6 Å². The Balaban J connectivity index is 1.19. The SMILES string of the molecule is CN(C)CCCNC1=CC(=O)c2nc(COc3ccc(Cc4ccccc4)cc3)c(COc3ccc(Cc4ccccc4)cc3)nc2C1=O. The molecule has 0 bridgehead atoms. The Morgan fingerprint density at radius 3 is 1.57 bits per heavy atom. The highest BCUT2D eigenvalue weighted by molar-refractivity contribution is 6.22. The van der Waals surface area contributed by atoms with Gasteiger partial charge in [-0.05, 0) is 86.4 Å². The second-order valence-electron chi connectivity index (χ2n) is 12.3. The van der Waals surface area contributed by atoms with Gasteiger partial charge in [0.15, 0.2) is 0 Å². The van der Waals surface area contributed by atoms with Crippen molar-refractivity contribution >= 4 is 11.6 Å². The maximum absolute atomic E-state index is 13.5. The number of nitrogens with one attached hydrogen (secondary N) is 1. The second-order valence-corrected chi connectivity index (χ2v) is 12.3. The lowest BCUT2D eigenvalue weighted by atomic mass is 10.0. The Morgan fingerprint density at radius 1 is 0.612 bits per heavy atom. The van der Waals surface area contributed by atoms with E-state index in [1.165, 1.54) is 17.2 Å². The van der Waals surface area contributed by atoms with E-state index in [9.17, 15) is 9.59 Å². The number of benzene rings is 4. The summed E-state index contributed by atoms with van der Waals surface area (Å²) in [5.74, 6) is 0.580. The first-order valence-corrected chi connectivity index (χ1v) is 16.5. The highest BCUT2D eigenvalue weighted by Crippen LogP contribution is 2.23. The van der Waals surface area contributed by atoms with Crippen LogP contribution in [0.4, 0.5) is 0 Å². The topological polar surface area (TPSA) is 93.7 Å². The lowest BCUT2D eigenvalue weighted by molar-refractivity contribution is 0.0969. The van der Waals surface area contributed by atoms with Crippen molar-refractivity contribution in [3.8, 4) is 11.5 Å². The minimum absolute atomic E-state index is 0.0217. The smallest absolute Gasteiger partial charge is 0.229 e. The van der Waals surface area contributed by atoms with Gasteiger partial charge in [0.25, 0.3) is 0 Å². The van der Waals surface area contributed by atoms with E-state index < -0.39 is 0 Å². The van der Waals surface area contributed by atoms with Gasteiger partial charge < -0.3 is 19.7 Å². The number of rotatable bonds is 15. The van der Waals surface area contributed by atoms with Crippen LogP contribution in [0.1, 0.15) is 61.0 Å². The fourth-order valence-corrected chi connectivity index (χ4v) is 5.58. The molecule has 1 aliphatic carbocycles. The molecule has 1 aromatic heterocycles. The summed E-state index contributed by atoms with van der Waals surface area (Å²) in [7, 11) is 3.98. The molecule has 0 amide bonds. The molecule has 4 aromatic carbocycles. The first kappa shape index (κ1) is 33.3. The summed E-state index contributed by atoms with van der Waals surface area (Å²) < 4.78 is 12.3. The molecule has 248 valence electrons. The molecular formula is C41H40N4O4. The molecule has 1 heterocycles. The quantitative estimate of drug-likeness (QED) is 0.126. The molecule has 0 unspecified atom stereocenters. The Labute approximate surface area is 287 Å². The minimum Gasteiger partial charge on any atom is -0.487 e. The number of fused-ring (bicyclic) bond motifs is 1. The molecule has 0 radical (unpaired) electrons. The molecule has 8 nitrogen and oxygen atoms in total. The summed E-state index contributed by atoms with van der Waals surface area (Å²) in [6.07, 6.45) is 3.78. The van der Waals surface area contributed by atoms with Crippen molar-refractivity contribution in [3.05, 3.63) is 166 Å². The number of Topliss-reactive ketones (excluding diaryl/α,β-unsaturated/α-hetero) is 1. The van der Waals surface area contributed by atoms with Crippen LogP contribution in [0.5, 0.6) is 11.5 Å². The van der Waals surface area contributed by atoms with Gasteiger partial charge in [-0.15, -0.1) is 0 Å². The van der Waals surface area contributed by atoms with Gasteiger partial charge in [-0.25, -0.2) is 9.97 Å². The molecule has 5 aromatic rings. The number of ketones is 2. The lowest BCUT2D eigenvalue weighted by Crippen LogP contribution is -2.31. The molecule has 0 spiro atoms. The van der Waals surface area contributed by atoms with Crippen LogP contribution in [0.2, 0.25) is 0 Å². The number of ether oxygens (including phenoxy) is 2. The van der Waals surface area contributed by atoms with E-state index in [0.717, 1.165) is 36.9 Å². The number of carbonyl (C=O) groups is 2. The first-order chi connectivity index (χ1) is 23.9. The summed E-state index contributed by atoms with van der Waals surface area (Å²) in [4.78, 5) is 38.1. The van der Waals surface area contributed by atoms with E-state index in [0.29, 0.717) is 29.4 Å². The number of carbonyl (C=O) groups excluding carboxylic acids is 2. The van der Waals surface area contributed by atoms with Crippen molar-refractivity contribution in [1.82, 2.24) is 20.2 Å². The highest BCUT2D eigenvalue weighted by atomic mass is 16.5. The van der Waals surface area contributed by atoms with Crippen LogP contribution in [-0.2, 0) is 26.1 Å². The van der Waals surface area contributed by atoms with Crippen molar-refractivity contribution in [1.29, 1.82) is 0 Å². The van der Waals surface area contributed by atoms with E-state index in [1.54, 1.807) is 0 Å². The summed E-state index contributed by atoms with van der Waals surface area (Å²) >= 11 is 0. The molecule has 0 fully saturated rings. The zero-order valence-electron chi connectivity index (χ0n) is 27.9. The fourth-order valence-electron chi connectivity index (χ4n) is 5.58. The van der Waals surface area contributed by atoms with Crippen LogP contribution in [0.25, 0.3) is 0 Å². The Morgan fingerprint density at radius 2 is 1.08 bits per heavy atom. The van der Waals surface area contributed by atoms with Crippen LogP contribution in [0.15, 0.2) is 121 Å². The molecule has 0 saturated carbocycles. The van der Waals surface area contributed by atoms with E-state index in [4.69, 9.17) is 9.47 Å². The molecule has 0 saturated heterocycles. The number of aromatic nitrogens is 2. The van der Waals surface area contributed by atoms with Gasteiger partial charge in [0.1, 0.15) is 47.5 Å². The van der Waals surface area contributed by atoms with Gasteiger partial charge in [-0.3, -0.25) is 9.59 Å². The maximum Gasteiger partial charge on any atom is 0.229 e. The van der Waals surface area contributed by atoms with Gasteiger partial charge in [-0.1, -0.05) is 84.9 Å². The maximum atomic E-state index is 13.5. The molecule has 1 aliphatic rings. The fraction of sp³-hybridized carbons (Fsp3) is 0.220. The van der Waals surface area contributed by atoms with Gasteiger partial charge in [0.2, 0.25) is 11.6 Å². The summed E-state index contributed by atoms with van der Waals surface area (Å²) in [6, 6.07) is 36.4. The van der Waals surface area contributed by atoms with E-state index in [2.05, 4.69) is 44.5 Å². The van der Waals surface area contributed by atoms with E-state index in [-0.39, 0.29) is 41.9 Å². The van der Waals surface area contributed by atoms with Gasteiger partial charge in [-0.2, -0.15) is 0 Å². The average Bonchev–Trinajstić information content (AvgIpc) is 3.12. The molecule has 0 atom stereocenters. The Hall–Kier alpha value is -5.60. The number of hydrogen-bond acceptors (Lipinski definition) is 8. The standard InChI is InChI=1S/C41H40N4O4/c1-45(2)23-9-22-42-35-26-38(46)39-40(41(35)47)44-37(28-49-34-20-16-32(17-21-34)25-30-12-7-4-8-13-30)36(43-39)27-48-33-18-14-31(15-19-33)24-29-10-5-3-6-11-29/h3-8,10-21,26,42H,9,22-25,27-28H2,1-2H3. The molecular weight excluding hydrogens is 612 g/mol. The van der Waals surface area contributed by atoms with Crippen LogP contribution >= 0.6 is 0 Å².